The summed E-state index contributed by atoms with van der Waals surface area (Å²) in [4.78, 5) is 45.2. The average molecular weight is 886 g/mol. The number of carbonyl (C=O) groups is 3. The number of hydrogen-bond donors (Lipinski definition) is 2. The molecule has 4 aromatic rings. The zero-order valence-corrected chi connectivity index (χ0v) is 37.2. The number of aliphatic hydroxyl groups is 2. The Hall–Kier alpha value is -4.71. The van der Waals surface area contributed by atoms with Gasteiger partial charge in [0.1, 0.15) is 5.76 Å². The molecule has 1 aliphatic heterocycles. The molecule has 3 aromatic carbocycles. The monoisotopic (exact) mass is 885 g/mol. The predicted octanol–water partition coefficient (Wildman–Crippen LogP) is 11.0. The molecular formula is C51H55ClF3NO7. The van der Waals surface area contributed by atoms with Gasteiger partial charge in [-0.1, -0.05) is 86.5 Å². The average Bonchev–Trinajstić information content (AvgIpc) is 3.91. The second-order valence-electron chi connectivity index (χ2n) is 19.5. The Morgan fingerprint density at radius 1 is 0.921 bits per heavy atom. The van der Waals surface area contributed by atoms with Gasteiger partial charge in [0, 0.05) is 28.5 Å². The number of esters is 1. The zero-order chi connectivity index (χ0) is 45.3. The van der Waals surface area contributed by atoms with Gasteiger partial charge in [-0.25, -0.2) is 0 Å². The molecule has 3 fully saturated rings. The Morgan fingerprint density at radius 2 is 1.67 bits per heavy atom. The van der Waals surface area contributed by atoms with Gasteiger partial charge in [-0.15, -0.1) is 0 Å². The van der Waals surface area contributed by atoms with E-state index in [9.17, 15) is 33.0 Å². The molecule has 5 aliphatic rings. The molecule has 8 nitrogen and oxygen atoms in total. The number of allylic oxidation sites excluding steroid dienone is 2. The fourth-order valence-corrected chi connectivity index (χ4v) is 11.3. The number of rotatable bonds is 8. The first-order valence-electron chi connectivity index (χ1n) is 21.9. The number of alkyl halides is 3. The summed E-state index contributed by atoms with van der Waals surface area (Å²) in [6, 6.07) is 20.9. The highest BCUT2D eigenvalue weighted by atomic mass is 35.5. The number of halogens is 4. The van der Waals surface area contributed by atoms with E-state index in [4.69, 9.17) is 20.8 Å². The third-order valence-corrected chi connectivity index (χ3v) is 16.0. The summed E-state index contributed by atoms with van der Waals surface area (Å²) in [6.45, 7) is 9.90. The second-order valence-corrected chi connectivity index (χ2v) is 19.9. The molecule has 2 heterocycles. The molecular weight excluding hydrogens is 831 g/mol. The standard InChI is InChI=1S/C51H55ClF3NO7/c1-31-10-9-22-47(4)39(21-23-49(47,61)30-56(29-32-11-7-6-8-12-32)44(59)50-25-24-48(5,45(60)63-50)46(50,2)3)36-17-14-33(26-35(57)16-13-31)27-37(36)43(58)42-20-19-41(62-42)38-28-34(51(53,54)55)15-18-40(38)52/h6-8,10-12,14-15,17-20,27-28,35,39,57,61H,9,13,16,21-26,29-30H2,1-5H3/t35-,39-,47-,48-,49+,50+/m0/s1. The van der Waals surface area contributed by atoms with Gasteiger partial charge in [0.05, 0.1) is 34.3 Å². The van der Waals surface area contributed by atoms with Crippen LogP contribution in [0.1, 0.15) is 130 Å². The van der Waals surface area contributed by atoms with Gasteiger partial charge in [-0.2, -0.15) is 13.2 Å². The molecule has 2 saturated carbocycles. The Kier molecular flexibility index (Phi) is 11.4. The van der Waals surface area contributed by atoms with Crippen LogP contribution < -0.4 is 0 Å². The number of furan rings is 1. The summed E-state index contributed by atoms with van der Waals surface area (Å²) >= 11 is 6.37. The number of ether oxygens (including phenoxy) is 1. The Balaban J connectivity index is 1.21. The molecule has 12 heteroatoms. The van der Waals surface area contributed by atoms with E-state index >= 15 is 4.79 Å². The van der Waals surface area contributed by atoms with E-state index in [1.807, 2.05) is 77.1 Å². The van der Waals surface area contributed by atoms with E-state index in [0.717, 1.165) is 29.3 Å². The molecule has 4 aliphatic carbocycles. The van der Waals surface area contributed by atoms with Crippen LogP contribution in [-0.4, -0.2) is 56.6 Å². The van der Waals surface area contributed by atoms with Crippen molar-refractivity contribution >= 4 is 29.3 Å². The number of ketones is 1. The largest absolute Gasteiger partial charge is 0.453 e. The van der Waals surface area contributed by atoms with E-state index in [1.165, 1.54) is 12.1 Å². The van der Waals surface area contributed by atoms with Crippen molar-refractivity contribution in [3.8, 4) is 11.3 Å². The molecule has 1 amide bonds. The number of hydrogen-bond acceptors (Lipinski definition) is 7. The van der Waals surface area contributed by atoms with Crippen LogP contribution in [0.2, 0.25) is 5.02 Å². The van der Waals surface area contributed by atoms with Crippen molar-refractivity contribution in [3.05, 3.63) is 129 Å². The predicted molar refractivity (Wildman–Crippen MR) is 233 cm³/mol. The van der Waals surface area contributed by atoms with Gasteiger partial charge in [-0.05, 0) is 131 Å². The first-order valence-corrected chi connectivity index (χ1v) is 22.3. The minimum Gasteiger partial charge on any atom is -0.453 e. The fraction of sp³-hybridized carbons (Fsp3) is 0.471. The van der Waals surface area contributed by atoms with Crippen molar-refractivity contribution in [2.24, 2.45) is 16.2 Å². The lowest BCUT2D eigenvalue weighted by Gasteiger charge is -2.47. The van der Waals surface area contributed by atoms with Crippen LogP contribution in [0.5, 0.6) is 0 Å². The summed E-state index contributed by atoms with van der Waals surface area (Å²) in [5.74, 6) is -1.76. The topological polar surface area (TPSA) is 117 Å². The molecule has 63 heavy (non-hydrogen) atoms. The molecule has 1 aromatic heterocycles. The van der Waals surface area contributed by atoms with Crippen LogP contribution in [-0.2, 0) is 33.5 Å². The molecule has 1 saturated heterocycles. The molecule has 0 radical (unpaired) electrons. The molecule has 0 unspecified atom stereocenters. The van der Waals surface area contributed by atoms with E-state index in [1.54, 1.807) is 11.0 Å². The number of benzene rings is 3. The SMILES string of the molecule is CC1=CCC[C@@]2(C)[C@@H](CC[C@@]2(O)CN(Cc2ccccc2)C(=O)[C@@]23CC[C@@](C)(C(=O)O2)C3(C)C)c2ccc(cc2C(=O)c2ccc(-c3cc(C(F)(F)F)ccc3Cl)o2)C[C@@H](O)CC1. The number of nitrogens with zero attached hydrogens (tertiary/aromatic N) is 1. The van der Waals surface area contributed by atoms with Crippen LogP contribution in [0.15, 0.2) is 94.9 Å². The normalized spacial score (nSPS) is 29.2. The highest BCUT2D eigenvalue weighted by Gasteiger charge is 2.76. The van der Waals surface area contributed by atoms with Gasteiger partial charge in [0.25, 0.3) is 5.91 Å². The van der Waals surface area contributed by atoms with Crippen LogP contribution in [0.25, 0.3) is 11.3 Å². The van der Waals surface area contributed by atoms with E-state index in [2.05, 4.69) is 6.08 Å². The van der Waals surface area contributed by atoms with E-state index < -0.39 is 57.0 Å². The zero-order valence-electron chi connectivity index (χ0n) is 36.4. The fourth-order valence-electron chi connectivity index (χ4n) is 11.1. The third kappa shape index (κ3) is 7.55. The summed E-state index contributed by atoms with van der Waals surface area (Å²) < 4.78 is 53.3. The Morgan fingerprint density at radius 3 is 2.35 bits per heavy atom. The molecule has 334 valence electrons. The summed E-state index contributed by atoms with van der Waals surface area (Å²) in [5, 5.41) is 24.5. The summed E-state index contributed by atoms with van der Waals surface area (Å²) in [7, 11) is 0. The Bertz CT molecular complexity index is 2480. The lowest BCUT2D eigenvalue weighted by Crippen LogP contribution is -2.60. The molecule has 0 spiro atoms. The van der Waals surface area contributed by atoms with Gasteiger partial charge >= 0.3 is 12.1 Å². The molecule has 4 bridgehead atoms. The van der Waals surface area contributed by atoms with E-state index in [-0.39, 0.29) is 59.9 Å². The quantitative estimate of drug-likeness (QED) is 0.103. The van der Waals surface area contributed by atoms with Crippen LogP contribution in [0.4, 0.5) is 13.2 Å². The number of amides is 1. The minimum atomic E-state index is -4.63. The summed E-state index contributed by atoms with van der Waals surface area (Å²) in [6.07, 6.45) is 0.947. The van der Waals surface area contributed by atoms with Gasteiger partial charge in [0.2, 0.25) is 5.78 Å². The lowest BCUT2D eigenvalue weighted by atomic mass is 9.64. The van der Waals surface area contributed by atoms with Crippen LogP contribution >= 0.6 is 11.6 Å². The van der Waals surface area contributed by atoms with Crippen molar-refractivity contribution < 1.29 is 46.9 Å². The maximum absolute atomic E-state index is 15.3. The third-order valence-electron chi connectivity index (χ3n) is 15.7. The van der Waals surface area contributed by atoms with Gasteiger partial charge < -0.3 is 24.3 Å². The van der Waals surface area contributed by atoms with Crippen molar-refractivity contribution in [2.45, 2.75) is 128 Å². The molecule has 2 N–H and O–H groups in total. The number of carbonyl (C=O) groups excluding carboxylic acids is 3. The first kappa shape index (κ1) is 44.9. The highest BCUT2D eigenvalue weighted by molar-refractivity contribution is 6.33. The van der Waals surface area contributed by atoms with Crippen LogP contribution in [0.3, 0.4) is 0 Å². The Labute approximate surface area is 371 Å². The molecule has 9 rings (SSSR count). The van der Waals surface area contributed by atoms with Crippen LogP contribution in [0, 0.1) is 16.2 Å². The lowest BCUT2D eigenvalue weighted by molar-refractivity contribution is -0.178. The van der Waals surface area contributed by atoms with Gasteiger partial charge in [-0.3, -0.25) is 14.4 Å². The number of fused-ring (bicyclic) bond motifs is 10. The molecule has 6 atom stereocenters. The summed E-state index contributed by atoms with van der Waals surface area (Å²) in [5.41, 5.74) is -2.77. The maximum Gasteiger partial charge on any atom is 0.416 e. The van der Waals surface area contributed by atoms with Crippen molar-refractivity contribution in [3.63, 3.8) is 0 Å². The highest BCUT2D eigenvalue weighted by Crippen LogP contribution is 2.66. The van der Waals surface area contributed by atoms with Crippen molar-refractivity contribution in [2.75, 3.05) is 6.54 Å². The maximum atomic E-state index is 15.3. The van der Waals surface area contributed by atoms with Crippen molar-refractivity contribution in [1.82, 2.24) is 4.90 Å². The second kappa shape index (κ2) is 16.1. The van der Waals surface area contributed by atoms with E-state index in [0.29, 0.717) is 61.6 Å². The van der Waals surface area contributed by atoms with Crippen molar-refractivity contribution in [1.29, 1.82) is 0 Å². The minimum absolute atomic E-state index is 0.00621. The smallest absolute Gasteiger partial charge is 0.416 e. The van der Waals surface area contributed by atoms with Gasteiger partial charge in [0.15, 0.2) is 11.4 Å². The number of aliphatic hydroxyl groups excluding tert-OH is 1. The first-order chi connectivity index (χ1) is 29.6.